The quantitative estimate of drug-likeness (QED) is 0.774. The van der Waals surface area contributed by atoms with Gasteiger partial charge in [0.1, 0.15) is 6.61 Å². The average molecular weight is 367 g/mol. The van der Waals surface area contributed by atoms with Gasteiger partial charge in [-0.25, -0.2) is 0 Å². The van der Waals surface area contributed by atoms with Crippen LogP contribution in [-0.4, -0.2) is 43.6 Å². The number of methoxy groups -OCH3 is 1. The third kappa shape index (κ3) is 3.77. The Labute approximate surface area is 150 Å². The van der Waals surface area contributed by atoms with Gasteiger partial charge in [0.2, 0.25) is 5.91 Å². The van der Waals surface area contributed by atoms with Crippen LogP contribution in [0.15, 0.2) is 24.3 Å². The molecule has 1 aromatic carbocycles. The number of morpholine rings is 1. The number of halogens is 1. The number of amides is 2. The van der Waals surface area contributed by atoms with Gasteiger partial charge in [-0.1, -0.05) is 29.8 Å². The van der Waals surface area contributed by atoms with Gasteiger partial charge in [-0.05, 0) is 24.5 Å². The summed E-state index contributed by atoms with van der Waals surface area (Å²) in [6, 6.07) is 6.23. The number of esters is 1. The van der Waals surface area contributed by atoms with E-state index in [0.29, 0.717) is 23.4 Å². The van der Waals surface area contributed by atoms with Crippen molar-refractivity contribution in [3.8, 4) is 0 Å². The van der Waals surface area contributed by atoms with Crippen LogP contribution in [0.5, 0.6) is 0 Å². The molecule has 0 unspecified atom stereocenters. The van der Waals surface area contributed by atoms with E-state index in [-0.39, 0.29) is 36.4 Å². The number of hydrogen-bond acceptors (Lipinski definition) is 5. The number of carbonyl (C=O) groups excluding carboxylic acids is 3. The van der Waals surface area contributed by atoms with Crippen molar-refractivity contribution in [2.24, 2.45) is 5.92 Å². The van der Waals surface area contributed by atoms with Crippen molar-refractivity contribution in [2.45, 2.75) is 31.0 Å². The van der Waals surface area contributed by atoms with Crippen molar-refractivity contribution >= 4 is 29.4 Å². The number of ether oxygens (including phenoxy) is 2. The molecular formula is C17H19ClN2O5. The fourth-order valence-electron chi connectivity index (χ4n) is 3.13. The summed E-state index contributed by atoms with van der Waals surface area (Å²) in [4.78, 5) is 35.7. The lowest BCUT2D eigenvalue weighted by atomic mass is 9.80. The van der Waals surface area contributed by atoms with E-state index in [1.807, 2.05) is 0 Å². The van der Waals surface area contributed by atoms with E-state index < -0.39 is 12.1 Å². The second kappa shape index (κ2) is 7.41. The molecule has 2 N–H and O–H groups in total. The molecule has 8 heteroatoms. The number of hydrogen-bond donors (Lipinski definition) is 2. The maximum atomic E-state index is 12.6. The Morgan fingerprint density at radius 2 is 2.04 bits per heavy atom. The topological polar surface area (TPSA) is 93.7 Å². The van der Waals surface area contributed by atoms with Gasteiger partial charge in [0.15, 0.2) is 6.10 Å². The van der Waals surface area contributed by atoms with E-state index in [2.05, 4.69) is 15.4 Å². The summed E-state index contributed by atoms with van der Waals surface area (Å²) >= 11 is 6.20. The molecule has 7 nitrogen and oxygen atoms in total. The molecular weight excluding hydrogens is 348 g/mol. The fourth-order valence-corrected chi connectivity index (χ4v) is 3.38. The van der Waals surface area contributed by atoms with Gasteiger partial charge >= 0.3 is 5.97 Å². The van der Waals surface area contributed by atoms with Crippen LogP contribution >= 0.6 is 11.6 Å². The molecule has 2 aliphatic rings. The lowest BCUT2D eigenvalue weighted by Crippen LogP contribution is -2.56. The molecule has 1 saturated carbocycles. The highest BCUT2D eigenvalue weighted by atomic mass is 35.5. The Morgan fingerprint density at radius 1 is 1.32 bits per heavy atom. The van der Waals surface area contributed by atoms with Crippen LogP contribution in [0.25, 0.3) is 0 Å². The fraction of sp³-hybridized carbons (Fsp3) is 0.471. The molecule has 1 aliphatic heterocycles. The summed E-state index contributed by atoms with van der Waals surface area (Å²) in [6.45, 7) is -0.186. The van der Waals surface area contributed by atoms with Gasteiger partial charge in [-0.3, -0.25) is 14.4 Å². The van der Waals surface area contributed by atoms with Crippen LogP contribution in [0.3, 0.4) is 0 Å². The van der Waals surface area contributed by atoms with Gasteiger partial charge in [-0.2, -0.15) is 0 Å². The summed E-state index contributed by atoms with van der Waals surface area (Å²) in [6.07, 6.45) is 0.192. The van der Waals surface area contributed by atoms with E-state index in [1.54, 1.807) is 24.3 Å². The summed E-state index contributed by atoms with van der Waals surface area (Å²) in [7, 11) is 1.35. The number of nitrogens with one attached hydrogen (secondary N) is 2. The summed E-state index contributed by atoms with van der Waals surface area (Å²) in [5.41, 5.74) is 0.624. The zero-order chi connectivity index (χ0) is 18.0. The lowest BCUT2D eigenvalue weighted by molar-refractivity contribution is -0.153. The van der Waals surface area contributed by atoms with E-state index >= 15 is 0 Å². The van der Waals surface area contributed by atoms with E-state index in [4.69, 9.17) is 16.3 Å². The molecule has 134 valence electrons. The molecule has 2 fully saturated rings. The molecule has 1 aliphatic carbocycles. The maximum Gasteiger partial charge on any atom is 0.308 e. The van der Waals surface area contributed by atoms with Crippen molar-refractivity contribution < 1.29 is 23.9 Å². The molecule has 1 aromatic rings. The Bertz CT molecular complexity index is 689. The highest BCUT2D eigenvalue weighted by Crippen LogP contribution is 2.31. The van der Waals surface area contributed by atoms with Crippen molar-refractivity contribution in [3.05, 3.63) is 34.9 Å². The second-order valence-electron chi connectivity index (χ2n) is 6.20. The van der Waals surface area contributed by atoms with Crippen LogP contribution in [0.2, 0.25) is 5.02 Å². The van der Waals surface area contributed by atoms with E-state index in [1.165, 1.54) is 7.11 Å². The van der Waals surface area contributed by atoms with Crippen LogP contribution < -0.4 is 10.6 Å². The van der Waals surface area contributed by atoms with Gasteiger partial charge in [0.25, 0.3) is 5.91 Å². The third-order valence-electron chi connectivity index (χ3n) is 4.53. The van der Waals surface area contributed by atoms with Crippen molar-refractivity contribution in [1.29, 1.82) is 0 Å². The third-order valence-corrected chi connectivity index (χ3v) is 4.88. The number of carbonyl (C=O) groups is 3. The van der Waals surface area contributed by atoms with Gasteiger partial charge in [-0.15, -0.1) is 0 Å². The zero-order valence-corrected chi connectivity index (χ0v) is 14.4. The highest BCUT2D eigenvalue weighted by molar-refractivity contribution is 6.31. The predicted molar refractivity (Wildman–Crippen MR) is 88.7 cm³/mol. The van der Waals surface area contributed by atoms with E-state index in [0.717, 1.165) is 0 Å². The first kappa shape index (κ1) is 17.7. The Balaban J connectivity index is 1.67. The minimum Gasteiger partial charge on any atom is -0.469 e. The monoisotopic (exact) mass is 366 g/mol. The van der Waals surface area contributed by atoms with Crippen molar-refractivity contribution in [3.63, 3.8) is 0 Å². The molecule has 0 spiro atoms. The zero-order valence-electron chi connectivity index (χ0n) is 13.7. The van der Waals surface area contributed by atoms with Gasteiger partial charge in [0.05, 0.1) is 19.1 Å². The largest absolute Gasteiger partial charge is 0.469 e. The summed E-state index contributed by atoms with van der Waals surface area (Å²) < 4.78 is 10.1. The maximum absolute atomic E-state index is 12.6. The lowest BCUT2D eigenvalue weighted by Gasteiger charge is -2.37. The number of rotatable bonds is 4. The molecule has 1 heterocycles. The summed E-state index contributed by atoms with van der Waals surface area (Å²) in [5.74, 6) is -1.08. The molecule has 0 bridgehead atoms. The molecule has 1 saturated heterocycles. The Morgan fingerprint density at radius 3 is 2.72 bits per heavy atom. The summed E-state index contributed by atoms with van der Waals surface area (Å²) in [5, 5.41) is 6.08. The van der Waals surface area contributed by atoms with Crippen LogP contribution in [0.1, 0.15) is 24.4 Å². The smallest absolute Gasteiger partial charge is 0.308 e. The second-order valence-corrected chi connectivity index (χ2v) is 6.60. The molecule has 25 heavy (non-hydrogen) atoms. The SMILES string of the molecule is COC(=O)C1CC(NC(=O)[C@H]2OCC(=O)N[C@@H]2c2ccccc2Cl)C1. The predicted octanol–water partition coefficient (Wildman–Crippen LogP) is 0.964. The minimum atomic E-state index is -0.880. The minimum absolute atomic E-state index is 0.107. The first-order valence-corrected chi connectivity index (χ1v) is 8.41. The Kier molecular flexibility index (Phi) is 5.24. The van der Waals surface area contributed by atoms with Gasteiger partial charge in [0, 0.05) is 11.1 Å². The normalized spacial score (nSPS) is 28.5. The first-order valence-electron chi connectivity index (χ1n) is 8.03. The molecule has 0 aromatic heterocycles. The van der Waals surface area contributed by atoms with Crippen LogP contribution in [0.4, 0.5) is 0 Å². The van der Waals surface area contributed by atoms with E-state index in [9.17, 15) is 14.4 Å². The van der Waals surface area contributed by atoms with Crippen LogP contribution in [-0.2, 0) is 23.9 Å². The average Bonchev–Trinajstić information content (AvgIpc) is 2.57. The molecule has 3 rings (SSSR count). The highest BCUT2D eigenvalue weighted by Gasteiger charge is 2.41. The number of benzene rings is 1. The standard InChI is InChI=1S/C17H19ClN2O5/c1-24-17(23)9-6-10(7-9)19-16(22)15-14(20-13(21)8-25-15)11-4-2-3-5-12(11)18/h2-5,9-10,14-15H,6-8H2,1H3,(H,19,22)(H,20,21)/t9?,10?,14-,15+/m1/s1. The first-order chi connectivity index (χ1) is 12.0. The van der Waals surface area contributed by atoms with Gasteiger partial charge < -0.3 is 20.1 Å². The Hall–Kier alpha value is -2.12. The molecule has 2 amide bonds. The van der Waals surface area contributed by atoms with Crippen molar-refractivity contribution in [1.82, 2.24) is 10.6 Å². The molecule has 2 atom stereocenters. The molecule has 0 radical (unpaired) electrons. The van der Waals surface area contributed by atoms with Crippen molar-refractivity contribution in [2.75, 3.05) is 13.7 Å². The van der Waals surface area contributed by atoms with Crippen LogP contribution in [0, 0.1) is 5.92 Å².